The summed E-state index contributed by atoms with van der Waals surface area (Å²) in [5, 5.41) is 10.00. The highest BCUT2D eigenvalue weighted by Gasteiger charge is 2.22. The normalized spacial score (nSPS) is 107. The summed E-state index contributed by atoms with van der Waals surface area (Å²) in [4.78, 5) is 0. The third-order valence-electron chi connectivity index (χ3n) is 0.812. The van der Waals surface area contributed by atoms with Crippen LogP contribution in [0.1, 0.15) is 42.4 Å². The van der Waals surface area contributed by atoms with E-state index in [9.17, 15) is 5.11 Å². The van der Waals surface area contributed by atoms with E-state index in [2.05, 4.69) is 0 Å². The Hall–Kier alpha value is -0.0800. The van der Waals surface area contributed by atoms with Crippen molar-refractivity contribution in [1.29, 1.82) is 0 Å². The van der Waals surface area contributed by atoms with E-state index >= 15 is 0 Å². The van der Waals surface area contributed by atoms with Gasteiger partial charge in [0.15, 0.2) is 0 Å². The largest absolute Gasteiger partial charge is 0.393 e. The first-order valence-electron chi connectivity index (χ1n) is 8.26. The topological polar surface area (TPSA) is 46.2 Å². The maximum atomic E-state index is 10.00. The number of rotatable bonds is 0. The predicted octanol–water partition coefficient (Wildman–Crippen LogP) is 0.495. The molecule has 0 aromatic carbocycles. The molecule has 1 unspecified atom stereocenters. The number of aliphatic hydroxyl groups is 1. The van der Waals surface area contributed by atoms with E-state index in [0.29, 0.717) is 0 Å². The molecule has 1 aliphatic carbocycles. The van der Waals surface area contributed by atoms with Gasteiger partial charge in [0, 0.05) is 21.1 Å². The van der Waals surface area contributed by atoms with Crippen LogP contribution in [0.2, 0.25) is 0 Å². The van der Waals surface area contributed by atoms with Gasteiger partial charge in [-0.05, 0) is 25.0 Å². The van der Waals surface area contributed by atoms with Crippen LogP contribution in [0, 0.1) is 5.89 Å². The van der Waals surface area contributed by atoms with Crippen molar-refractivity contribution in [2.45, 2.75) is 38.1 Å². The second-order valence-electron chi connectivity index (χ2n) is 1.51. The lowest BCUT2D eigenvalue weighted by atomic mass is 9.85. The van der Waals surface area contributed by atoms with Gasteiger partial charge in [-0.25, -0.2) is 0 Å². The molecule has 54 valence electrons. The van der Waals surface area contributed by atoms with E-state index in [1.807, 2.05) is 0 Å². The zero-order valence-corrected chi connectivity index (χ0v) is 4.52. The Kier molecular flexibility index (Phi) is 0.379. The lowest BCUT2D eigenvalue weighted by Gasteiger charge is -2.28. The first-order chi connectivity index (χ1) is 8.75. The number of nitrogens with two attached hydrogens (primary N) is 1. The summed E-state index contributed by atoms with van der Waals surface area (Å²) < 4.78 is 90.0. The Balaban J connectivity index is 3.93. The highest BCUT2D eigenvalue weighted by atomic mass is 16.3. The van der Waals surface area contributed by atoms with Crippen LogP contribution in [0.3, 0.4) is 0 Å². The molecule has 0 saturated heterocycles. The molecule has 9 heavy (non-hydrogen) atoms. The van der Waals surface area contributed by atoms with Crippen LogP contribution in [0.5, 0.6) is 0 Å². The molecule has 1 saturated carbocycles. The highest BCUT2D eigenvalue weighted by molar-refractivity contribution is 4.78. The van der Waals surface area contributed by atoms with Crippen molar-refractivity contribution in [2.24, 2.45) is 11.6 Å². The quantitative estimate of drug-likeness (QED) is 0.516. The van der Waals surface area contributed by atoms with E-state index in [1.54, 1.807) is 0 Å². The van der Waals surface area contributed by atoms with Gasteiger partial charge in [0.2, 0.25) is 0 Å². The second-order valence-corrected chi connectivity index (χ2v) is 1.51. The Morgan fingerprint density at radius 2 is 2.67 bits per heavy atom. The zero-order chi connectivity index (χ0) is 17.5. The molecular weight excluding hydrogens is 114 g/mol. The molecule has 1 rings (SSSR count). The number of hydrogen-bond acceptors (Lipinski definition) is 2. The molecular formula is C7H15NO. The Labute approximate surface area is 72.9 Å². The monoisotopic (exact) mass is 141 g/mol. The van der Waals surface area contributed by atoms with E-state index in [4.69, 9.17) is 22.2 Å². The van der Waals surface area contributed by atoms with Crippen LogP contribution in [-0.2, 0) is 0 Å². The predicted molar refractivity (Wildman–Crippen MR) is 37.0 cm³/mol. The van der Waals surface area contributed by atoms with Crippen LogP contribution >= 0.6 is 0 Å². The molecule has 0 aliphatic heterocycles. The first-order valence-corrected chi connectivity index (χ1v) is 2.26. The minimum Gasteiger partial charge on any atom is -0.393 e. The smallest absolute Gasteiger partial charge is 0.0604 e. The van der Waals surface area contributed by atoms with Crippen molar-refractivity contribution < 1.29 is 21.6 Å². The fourth-order valence-corrected chi connectivity index (χ4v) is 0.410. The van der Waals surface area contributed by atoms with Crippen LogP contribution in [0.25, 0.3) is 0 Å². The maximum absolute atomic E-state index is 10.00. The van der Waals surface area contributed by atoms with Gasteiger partial charge < -0.3 is 10.8 Å². The van der Waals surface area contributed by atoms with Gasteiger partial charge in [-0.2, -0.15) is 0 Å². The minimum atomic E-state index is -4.00. The van der Waals surface area contributed by atoms with Crippen LogP contribution in [-0.4, -0.2) is 17.2 Å². The van der Waals surface area contributed by atoms with Crippen LogP contribution < -0.4 is 5.73 Å². The molecule has 0 amide bonds. The summed E-state index contributed by atoms with van der Waals surface area (Å²) in [5.74, 6) is -3.91. The Morgan fingerprint density at radius 3 is 3.33 bits per heavy atom. The first kappa shape index (κ1) is 1.28. The summed E-state index contributed by atoms with van der Waals surface area (Å²) in [6, 6.07) is -3.50. The summed E-state index contributed by atoms with van der Waals surface area (Å²) >= 11 is 0. The Bertz CT molecular complexity index is 421. The summed E-state index contributed by atoms with van der Waals surface area (Å²) in [6.45, 7) is -3.76. The van der Waals surface area contributed by atoms with Crippen molar-refractivity contribution >= 4 is 0 Å². The Morgan fingerprint density at radius 1 is 1.89 bits per heavy atom. The van der Waals surface area contributed by atoms with Crippen molar-refractivity contribution in [3.63, 3.8) is 0 Å². The second kappa shape index (κ2) is 2.67. The maximum Gasteiger partial charge on any atom is 0.0604 e. The SMILES string of the molecule is [2H]C([2H])([2H])C1([2H])C([2H])([2H])C([2H])([2H])[C@@]([2H])(N)C([2H])([2H])[C@@]1([2H])O. The summed E-state index contributed by atoms with van der Waals surface area (Å²) in [5.41, 5.74) is 5.18. The van der Waals surface area contributed by atoms with Gasteiger partial charge in [0.05, 0.1) is 7.45 Å². The molecule has 2 heteroatoms. The van der Waals surface area contributed by atoms with Gasteiger partial charge >= 0.3 is 0 Å². The third-order valence-corrected chi connectivity index (χ3v) is 0.812. The average Bonchev–Trinajstić information content (AvgIpc) is 2.23. The highest BCUT2D eigenvalue weighted by Crippen LogP contribution is 2.22. The van der Waals surface area contributed by atoms with Crippen LogP contribution in [0.4, 0.5) is 0 Å². The number of hydrogen-bond donors (Lipinski definition) is 2. The van der Waals surface area contributed by atoms with Crippen molar-refractivity contribution in [2.75, 3.05) is 0 Å². The molecule has 3 N–H and O–H groups in total. The van der Waals surface area contributed by atoms with Crippen molar-refractivity contribution in [1.82, 2.24) is 0 Å². The van der Waals surface area contributed by atoms with E-state index < -0.39 is 44.0 Å². The van der Waals surface area contributed by atoms with E-state index in [0.717, 1.165) is 0 Å². The molecule has 2 nitrogen and oxygen atoms in total. The lowest BCUT2D eigenvalue weighted by molar-refractivity contribution is 0.0708. The molecule has 0 aromatic heterocycles. The zero-order valence-electron chi connectivity index (χ0n) is 16.5. The van der Waals surface area contributed by atoms with Crippen molar-refractivity contribution in [3.05, 3.63) is 0 Å². The molecule has 0 aromatic rings. The molecule has 3 atom stereocenters. The molecule has 0 spiro atoms. The molecule has 0 heterocycles. The van der Waals surface area contributed by atoms with E-state index in [-0.39, 0.29) is 0 Å². The van der Waals surface area contributed by atoms with Crippen molar-refractivity contribution in [3.8, 4) is 0 Å². The summed E-state index contributed by atoms with van der Waals surface area (Å²) in [7, 11) is 0. The van der Waals surface area contributed by atoms with Crippen LogP contribution in [0.15, 0.2) is 0 Å². The fraction of sp³-hybridized carbons (Fsp3) is 1.00. The molecule has 0 radical (unpaired) electrons. The third kappa shape index (κ3) is 1.66. The standard InChI is InChI=1S/C7H15NO/c1-5-2-3-6(8)4-7(5)9/h5-7,9H,2-4,8H2,1H3/t5?,6-,7-/m1/s1/i1D3,2D2,3D2,4D2,5D,6D,7D. The fourth-order valence-electron chi connectivity index (χ4n) is 0.410. The van der Waals surface area contributed by atoms with Gasteiger partial charge in [-0.15, -0.1) is 0 Å². The lowest BCUT2D eigenvalue weighted by Crippen LogP contribution is -2.35. The molecule has 1 fully saturated rings. The molecule has 1 aliphatic rings. The van der Waals surface area contributed by atoms with Gasteiger partial charge in [0.25, 0.3) is 0 Å². The molecule has 0 bridgehead atoms. The van der Waals surface area contributed by atoms with Gasteiger partial charge in [-0.1, -0.05) is 6.85 Å². The van der Waals surface area contributed by atoms with Gasteiger partial charge in [-0.3, -0.25) is 0 Å². The van der Waals surface area contributed by atoms with E-state index in [1.165, 1.54) is 0 Å². The average molecular weight is 141 g/mol. The summed E-state index contributed by atoms with van der Waals surface area (Å²) in [6.07, 6.45) is -15.2. The minimum absolute atomic E-state index is 3.50. The van der Waals surface area contributed by atoms with Gasteiger partial charge in [0.1, 0.15) is 0 Å².